The molecule has 0 unspecified atom stereocenters. The zero-order valence-corrected chi connectivity index (χ0v) is 10.0. The van der Waals surface area contributed by atoms with Gasteiger partial charge in [-0.15, -0.1) is 0 Å². The van der Waals surface area contributed by atoms with Gasteiger partial charge in [0, 0.05) is 24.2 Å². The molecular formula is C12H24N2. The van der Waals surface area contributed by atoms with Gasteiger partial charge in [0.15, 0.2) is 0 Å². The largest absolute Gasteiger partial charge is 0.299 e. The molecule has 4 atom stereocenters. The van der Waals surface area contributed by atoms with Crippen molar-refractivity contribution in [2.75, 3.05) is 14.1 Å². The van der Waals surface area contributed by atoms with E-state index in [0.717, 1.165) is 24.2 Å². The van der Waals surface area contributed by atoms with Gasteiger partial charge < -0.3 is 0 Å². The second kappa shape index (κ2) is 3.82. The summed E-state index contributed by atoms with van der Waals surface area (Å²) in [5.74, 6) is 0. The lowest BCUT2D eigenvalue weighted by molar-refractivity contribution is -0.0147. The van der Waals surface area contributed by atoms with E-state index in [1.807, 2.05) is 0 Å². The third-order valence-corrected chi connectivity index (χ3v) is 4.64. The number of hydrogen-bond acceptors (Lipinski definition) is 2. The van der Waals surface area contributed by atoms with E-state index in [1.165, 1.54) is 25.7 Å². The molecule has 0 aliphatic carbocycles. The Morgan fingerprint density at radius 1 is 0.714 bits per heavy atom. The molecule has 0 radical (unpaired) electrons. The van der Waals surface area contributed by atoms with Gasteiger partial charge >= 0.3 is 0 Å². The highest BCUT2D eigenvalue weighted by atomic mass is 15.3. The van der Waals surface area contributed by atoms with Crippen LogP contribution in [0.1, 0.15) is 39.5 Å². The molecule has 0 saturated carbocycles. The quantitative estimate of drug-likeness (QED) is 0.584. The Labute approximate surface area is 88.3 Å². The lowest BCUT2D eigenvalue weighted by Crippen LogP contribution is -2.60. The minimum atomic E-state index is 0.790. The molecule has 0 aromatic heterocycles. The molecule has 0 bridgehead atoms. The van der Waals surface area contributed by atoms with Crippen LogP contribution in [-0.2, 0) is 0 Å². The minimum absolute atomic E-state index is 0.790. The predicted molar refractivity (Wildman–Crippen MR) is 60.5 cm³/mol. The topological polar surface area (TPSA) is 6.48 Å². The van der Waals surface area contributed by atoms with Gasteiger partial charge in [0.25, 0.3) is 0 Å². The molecule has 0 amide bonds. The van der Waals surface area contributed by atoms with Crippen molar-refractivity contribution < 1.29 is 0 Å². The van der Waals surface area contributed by atoms with Crippen molar-refractivity contribution in [3.05, 3.63) is 0 Å². The molecule has 82 valence electrons. The fourth-order valence-electron chi connectivity index (χ4n) is 3.22. The average Bonchev–Trinajstić information content (AvgIpc) is 2.17. The first-order chi connectivity index (χ1) is 6.61. The van der Waals surface area contributed by atoms with Crippen molar-refractivity contribution in [3.8, 4) is 0 Å². The molecule has 2 rings (SSSR count). The number of nitrogens with zero attached hydrogens (tertiary/aromatic N) is 2. The van der Waals surface area contributed by atoms with Crippen molar-refractivity contribution in [3.63, 3.8) is 0 Å². The van der Waals surface area contributed by atoms with E-state index in [-0.39, 0.29) is 0 Å². The van der Waals surface area contributed by atoms with Gasteiger partial charge in [0.2, 0.25) is 0 Å². The Kier molecular flexibility index (Phi) is 2.85. The maximum atomic E-state index is 2.61. The molecular weight excluding hydrogens is 172 g/mol. The van der Waals surface area contributed by atoms with E-state index in [9.17, 15) is 0 Å². The summed E-state index contributed by atoms with van der Waals surface area (Å²) in [7, 11) is 4.62. The first kappa shape index (κ1) is 10.4. The van der Waals surface area contributed by atoms with Crippen LogP contribution in [0.3, 0.4) is 0 Å². The number of likely N-dealkylation sites (tertiary alicyclic amines) is 2. The van der Waals surface area contributed by atoms with Crippen LogP contribution in [0.5, 0.6) is 0 Å². The Balaban J connectivity index is 2.10. The molecule has 2 fully saturated rings. The van der Waals surface area contributed by atoms with Gasteiger partial charge in [0.1, 0.15) is 0 Å². The molecule has 2 aliphatic rings. The molecule has 0 spiro atoms. The number of likely N-dealkylation sites (N-methyl/N-ethyl adjacent to an activating group) is 2. The van der Waals surface area contributed by atoms with Crippen LogP contribution in [0.2, 0.25) is 0 Å². The fraction of sp³-hybridized carbons (Fsp3) is 1.00. The molecule has 2 saturated heterocycles. The van der Waals surface area contributed by atoms with E-state index in [2.05, 4.69) is 37.7 Å². The van der Waals surface area contributed by atoms with Crippen LogP contribution >= 0.6 is 0 Å². The Morgan fingerprint density at radius 2 is 1.07 bits per heavy atom. The van der Waals surface area contributed by atoms with Crippen LogP contribution in [0.15, 0.2) is 0 Å². The van der Waals surface area contributed by atoms with Crippen LogP contribution in [-0.4, -0.2) is 48.1 Å². The van der Waals surface area contributed by atoms with Crippen molar-refractivity contribution in [2.24, 2.45) is 0 Å². The molecule has 0 aromatic carbocycles. The predicted octanol–water partition coefficient (Wildman–Crippen LogP) is 1.95. The average molecular weight is 196 g/mol. The molecule has 2 heteroatoms. The standard InChI is InChI=1S/C12H24N2/c1-9-5-7-12-11(13(9)3)8-6-10(2)14(12)4/h9-12H,5-8H2,1-4H3/t9-,10-,11+,12+/m0/s1. The van der Waals surface area contributed by atoms with Crippen LogP contribution < -0.4 is 0 Å². The highest BCUT2D eigenvalue weighted by Crippen LogP contribution is 2.33. The van der Waals surface area contributed by atoms with Gasteiger partial charge in [-0.1, -0.05) is 0 Å². The van der Waals surface area contributed by atoms with Crippen molar-refractivity contribution in [1.29, 1.82) is 0 Å². The normalized spacial score (nSPS) is 46.3. The molecule has 2 nitrogen and oxygen atoms in total. The van der Waals surface area contributed by atoms with Crippen LogP contribution in [0, 0.1) is 0 Å². The highest BCUT2D eigenvalue weighted by molar-refractivity contribution is 4.96. The van der Waals surface area contributed by atoms with Gasteiger partial charge in [-0.05, 0) is 53.6 Å². The van der Waals surface area contributed by atoms with E-state index in [0.29, 0.717) is 0 Å². The third-order valence-electron chi connectivity index (χ3n) is 4.64. The summed E-state index contributed by atoms with van der Waals surface area (Å²) < 4.78 is 0. The van der Waals surface area contributed by atoms with E-state index in [4.69, 9.17) is 0 Å². The Hall–Kier alpha value is -0.0800. The second-order valence-corrected chi connectivity index (χ2v) is 5.32. The lowest BCUT2D eigenvalue weighted by atomic mass is 9.83. The third kappa shape index (κ3) is 1.59. The van der Waals surface area contributed by atoms with E-state index in [1.54, 1.807) is 0 Å². The highest BCUT2D eigenvalue weighted by Gasteiger charge is 2.39. The summed E-state index contributed by atoms with van der Waals surface area (Å²) in [5.41, 5.74) is 0. The van der Waals surface area contributed by atoms with Crippen LogP contribution in [0.25, 0.3) is 0 Å². The lowest BCUT2D eigenvalue weighted by Gasteiger charge is -2.51. The molecule has 2 heterocycles. The van der Waals surface area contributed by atoms with E-state index >= 15 is 0 Å². The maximum Gasteiger partial charge on any atom is 0.0251 e. The smallest absolute Gasteiger partial charge is 0.0251 e. The minimum Gasteiger partial charge on any atom is -0.299 e. The van der Waals surface area contributed by atoms with Gasteiger partial charge in [-0.3, -0.25) is 9.80 Å². The van der Waals surface area contributed by atoms with Crippen molar-refractivity contribution in [1.82, 2.24) is 9.80 Å². The first-order valence-corrected chi connectivity index (χ1v) is 6.05. The number of hydrogen-bond donors (Lipinski definition) is 0. The fourth-order valence-corrected chi connectivity index (χ4v) is 3.22. The van der Waals surface area contributed by atoms with Crippen LogP contribution in [0.4, 0.5) is 0 Å². The Morgan fingerprint density at radius 3 is 1.43 bits per heavy atom. The summed E-state index contributed by atoms with van der Waals surface area (Å²) in [4.78, 5) is 5.22. The Bertz CT molecular complexity index is 182. The zero-order chi connectivity index (χ0) is 10.3. The number of fused-ring (bicyclic) bond motifs is 1. The summed E-state index contributed by atoms with van der Waals surface area (Å²) in [6, 6.07) is 3.22. The number of piperidine rings is 2. The maximum absolute atomic E-state index is 2.61. The summed E-state index contributed by atoms with van der Waals surface area (Å²) in [6.07, 6.45) is 5.54. The van der Waals surface area contributed by atoms with Crippen molar-refractivity contribution >= 4 is 0 Å². The van der Waals surface area contributed by atoms with Gasteiger partial charge in [-0.25, -0.2) is 0 Å². The monoisotopic (exact) mass is 196 g/mol. The van der Waals surface area contributed by atoms with E-state index < -0.39 is 0 Å². The van der Waals surface area contributed by atoms with Crippen molar-refractivity contribution in [2.45, 2.75) is 63.7 Å². The summed E-state index contributed by atoms with van der Waals surface area (Å²) in [6.45, 7) is 4.74. The molecule has 2 aliphatic heterocycles. The zero-order valence-electron chi connectivity index (χ0n) is 10.0. The molecule has 0 N–H and O–H groups in total. The SMILES string of the molecule is C[C@H]1CC[C@@H]2[C@@H](CC[C@H](C)N2C)N1C. The van der Waals surface area contributed by atoms with Gasteiger partial charge in [0.05, 0.1) is 0 Å². The van der Waals surface area contributed by atoms with Gasteiger partial charge in [-0.2, -0.15) is 0 Å². The first-order valence-electron chi connectivity index (χ1n) is 6.05. The molecule has 14 heavy (non-hydrogen) atoms. The second-order valence-electron chi connectivity index (χ2n) is 5.32. The summed E-state index contributed by atoms with van der Waals surface area (Å²) in [5, 5.41) is 0. The number of rotatable bonds is 0. The summed E-state index contributed by atoms with van der Waals surface area (Å²) >= 11 is 0. The molecule has 0 aromatic rings.